The largest absolute Gasteiger partial charge is 0.493 e. The van der Waals surface area contributed by atoms with Crippen LogP contribution in [0.1, 0.15) is 37.8 Å². The fourth-order valence-corrected chi connectivity index (χ4v) is 5.31. The van der Waals surface area contributed by atoms with Crippen molar-refractivity contribution >= 4 is 17.6 Å². The molecule has 0 saturated carbocycles. The zero-order valence-electron chi connectivity index (χ0n) is 23.6. The van der Waals surface area contributed by atoms with Crippen molar-refractivity contribution in [3.63, 3.8) is 0 Å². The first-order valence-electron chi connectivity index (χ1n) is 14.2. The van der Waals surface area contributed by atoms with E-state index in [0.717, 1.165) is 59.8 Å². The Morgan fingerprint density at radius 2 is 1.73 bits per heavy atom. The second kappa shape index (κ2) is 13.7. The molecule has 0 amide bonds. The molecule has 8 heteroatoms. The van der Waals surface area contributed by atoms with Gasteiger partial charge in [-0.1, -0.05) is 41.9 Å². The van der Waals surface area contributed by atoms with Crippen molar-refractivity contribution in [1.82, 2.24) is 0 Å². The Hall–Kier alpha value is -3.10. The zero-order valence-corrected chi connectivity index (χ0v) is 24.4. The van der Waals surface area contributed by atoms with E-state index in [4.69, 9.17) is 40.0 Å². The van der Waals surface area contributed by atoms with Crippen LogP contribution < -0.4 is 9.47 Å². The number of esters is 1. The van der Waals surface area contributed by atoms with E-state index in [0.29, 0.717) is 44.0 Å². The van der Waals surface area contributed by atoms with Crippen LogP contribution in [0.4, 0.5) is 0 Å². The van der Waals surface area contributed by atoms with E-state index in [2.05, 4.69) is 6.07 Å². The molecule has 7 nitrogen and oxygen atoms in total. The molecular formula is C33H37ClO7. The van der Waals surface area contributed by atoms with Crippen molar-refractivity contribution in [1.29, 1.82) is 0 Å². The van der Waals surface area contributed by atoms with E-state index in [1.807, 2.05) is 60.7 Å². The number of carbonyl (C=O) groups is 1. The maximum absolute atomic E-state index is 12.1. The third-order valence-electron chi connectivity index (χ3n) is 7.48. The summed E-state index contributed by atoms with van der Waals surface area (Å²) in [6.07, 6.45) is 1.38. The van der Waals surface area contributed by atoms with Crippen LogP contribution in [-0.4, -0.2) is 51.7 Å². The zero-order chi connectivity index (χ0) is 28.7. The number of hydrogen-bond acceptors (Lipinski definition) is 7. The molecule has 41 heavy (non-hydrogen) atoms. The van der Waals surface area contributed by atoms with Gasteiger partial charge >= 0.3 is 5.97 Å². The summed E-state index contributed by atoms with van der Waals surface area (Å²) in [5, 5.41) is 0.650. The molecule has 3 aromatic carbocycles. The average Bonchev–Trinajstić information content (AvgIpc) is 2.98. The molecule has 3 aromatic rings. The van der Waals surface area contributed by atoms with Crippen molar-refractivity contribution in [3.05, 3.63) is 82.9 Å². The summed E-state index contributed by atoms with van der Waals surface area (Å²) in [5.74, 6) is 1.66. The van der Waals surface area contributed by atoms with Crippen molar-refractivity contribution < 1.29 is 33.2 Å². The normalized spacial score (nSPS) is 17.3. The van der Waals surface area contributed by atoms with Gasteiger partial charge in [-0.05, 0) is 85.7 Å². The number of carbonyl (C=O) groups excluding carboxylic acids is 1. The number of halogens is 1. The highest BCUT2D eigenvalue weighted by Gasteiger charge is 2.44. The Morgan fingerprint density at radius 1 is 0.976 bits per heavy atom. The minimum Gasteiger partial charge on any atom is -0.493 e. The van der Waals surface area contributed by atoms with Gasteiger partial charge in [-0.2, -0.15) is 0 Å². The van der Waals surface area contributed by atoms with Gasteiger partial charge in [-0.3, -0.25) is 0 Å². The summed E-state index contributed by atoms with van der Waals surface area (Å²) >= 11 is 6.67. The fourth-order valence-electron chi connectivity index (χ4n) is 5.03. The summed E-state index contributed by atoms with van der Waals surface area (Å²) in [5.41, 5.74) is 3.26. The molecule has 0 aromatic heterocycles. The van der Waals surface area contributed by atoms with Crippen molar-refractivity contribution in [2.24, 2.45) is 5.92 Å². The third kappa shape index (κ3) is 7.41. The summed E-state index contributed by atoms with van der Waals surface area (Å²) in [4.78, 5) is 12.1. The molecule has 218 valence electrons. The van der Waals surface area contributed by atoms with Crippen LogP contribution >= 0.6 is 11.6 Å². The lowest BCUT2D eigenvalue weighted by atomic mass is 9.91. The lowest BCUT2D eigenvalue weighted by Gasteiger charge is -2.42. The van der Waals surface area contributed by atoms with Crippen LogP contribution in [0.3, 0.4) is 0 Å². The number of ether oxygens (including phenoxy) is 6. The quantitative estimate of drug-likeness (QED) is 0.224. The molecule has 1 unspecified atom stereocenters. The lowest BCUT2D eigenvalue weighted by molar-refractivity contribution is -0.239. The first-order chi connectivity index (χ1) is 20.0. The lowest BCUT2D eigenvalue weighted by Crippen LogP contribution is -2.51. The molecule has 2 aliphatic rings. The Bertz CT molecular complexity index is 1300. The number of rotatable bonds is 12. The van der Waals surface area contributed by atoms with Gasteiger partial charge in [-0.25, -0.2) is 4.79 Å². The maximum atomic E-state index is 12.1. The molecule has 0 radical (unpaired) electrons. The Morgan fingerprint density at radius 3 is 2.41 bits per heavy atom. The molecule has 0 spiro atoms. The summed E-state index contributed by atoms with van der Waals surface area (Å²) in [6, 6.07) is 21.8. The Kier molecular flexibility index (Phi) is 9.83. The van der Waals surface area contributed by atoms with Gasteiger partial charge in [0.05, 0.1) is 31.5 Å². The van der Waals surface area contributed by atoms with Gasteiger partial charge in [0, 0.05) is 18.8 Å². The molecule has 5 rings (SSSR count). The summed E-state index contributed by atoms with van der Waals surface area (Å²) < 4.78 is 34.1. The first-order valence-corrected chi connectivity index (χ1v) is 14.6. The van der Waals surface area contributed by atoms with Crippen LogP contribution in [0, 0.1) is 5.92 Å². The van der Waals surface area contributed by atoms with Crippen LogP contribution in [0.25, 0.3) is 11.1 Å². The number of benzene rings is 3. The van der Waals surface area contributed by atoms with Crippen LogP contribution in [0.15, 0.2) is 66.7 Å². The average molecular weight is 581 g/mol. The molecule has 0 bridgehead atoms. The predicted octanol–water partition coefficient (Wildman–Crippen LogP) is 6.59. The molecule has 0 N–H and O–H groups in total. The highest BCUT2D eigenvalue weighted by atomic mass is 35.5. The molecule has 1 atom stereocenters. The van der Waals surface area contributed by atoms with E-state index in [9.17, 15) is 4.79 Å². The molecular weight excluding hydrogens is 544 g/mol. The van der Waals surface area contributed by atoms with E-state index < -0.39 is 11.7 Å². The SMILES string of the molecule is CCOC(=O)C(C)OC1(c2ccc(OCc3cccc(-c4ccc(OCC5CCOCC5)cc4Cl)c3)cc2)COC1. The highest BCUT2D eigenvalue weighted by molar-refractivity contribution is 6.33. The van der Waals surface area contributed by atoms with Gasteiger partial charge in [0.15, 0.2) is 6.10 Å². The topological polar surface area (TPSA) is 72.5 Å². The monoisotopic (exact) mass is 580 g/mol. The van der Waals surface area contributed by atoms with E-state index in [-0.39, 0.29) is 5.97 Å². The summed E-state index contributed by atoms with van der Waals surface area (Å²) in [7, 11) is 0. The predicted molar refractivity (Wildman–Crippen MR) is 156 cm³/mol. The standard InChI is InChI=1S/C33H37ClO7/c1-3-38-32(35)23(2)41-33(21-37-22-33)27-7-9-28(10-8-27)39-20-25-5-4-6-26(17-25)30-12-11-29(18-31(30)34)40-19-24-13-15-36-16-14-24/h4-12,17-18,23-24H,3,13-16,19-22H2,1-2H3. The second-order valence-corrected chi connectivity index (χ2v) is 10.9. The summed E-state index contributed by atoms with van der Waals surface area (Å²) in [6.45, 7) is 7.27. The Labute approximate surface area is 246 Å². The smallest absolute Gasteiger partial charge is 0.334 e. The van der Waals surface area contributed by atoms with Crippen molar-refractivity contribution in [2.45, 2.75) is 45.0 Å². The van der Waals surface area contributed by atoms with Crippen LogP contribution in [-0.2, 0) is 35.9 Å². The minimum absolute atomic E-state index is 0.316. The van der Waals surface area contributed by atoms with Gasteiger partial charge in [0.25, 0.3) is 0 Å². The van der Waals surface area contributed by atoms with E-state index in [1.165, 1.54) is 0 Å². The first kappa shape index (κ1) is 29.4. The fraction of sp³-hybridized carbons (Fsp3) is 0.424. The van der Waals surface area contributed by atoms with Gasteiger partial charge in [-0.15, -0.1) is 0 Å². The molecule has 0 aliphatic carbocycles. The maximum Gasteiger partial charge on any atom is 0.334 e. The van der Waals surface area contributed by atoms with Gasteiger partial charge < -0.3 is 28.4 Å². The van der Waals surface area contributed by atoms with Crippen molar-refractivity contribution in [3.8, 4) is 22.6 Å². The van der Waals surface area contributed by atoms with Gasteiger partial charge in [0.1, 0.15) is 23.7 Å². The highest BCUT2D eigenvalue weighted by Crippen LogP contribution is 2.36. The molecule has 2 saturated heterocycles. The minimum atomic E-state index is -0.684. The molecule has 2 aliphatic heterocycles. The van der Waals surface area contributed by atoms with E-state index in [1.54, 1.807) is 13.8 Å². The second-order valence-electron chi connectivity index (χ2n) is 10.5. The van der Waals surface area contributed by atoms with E-state index >= 15 is 0 Å². The molecule has 2 heterocycles. The van der Waals surface area contributed by atoms with Crippen LogP contribution in [0.5, 0.6) is 11.5 Å². The number of hydrogen-bond donors (Lipinski definition) is 0. The third-order valence-corrected chi connectivity index (χ3v) is 7.80. The van der Waals surface area contributed by atoms with Crippen LogP contribution in [0.2, 0.25) is 5.02 Å². The van der Waals surface area contributed by atoms with Crippen molar-refractivity contribution in [2.75, 3.05) is 39.6 Å². The molecule has 2 fully saturated rings. The Balaban J connectivity index is 1.18. The van der Waals surface area contributed by atoms with Gasteiger partial charge in [0.2, 0.25) is 0 Å².